The highest BCUT2D eigenvalue weighted by Crippen LogP contribution is 2.38. The Morgan fingerprint density at radius 2 is 1.85 bits per heavy atom. The van der Waals surface area contributed by atoms with E-state index in [9.17, 15) is 22.8 Å². The van der Waals surface area contributed by atoms with Crippen molar-refractivity contribution in [2.75, 3.05) is 32.6 Å². The van der Waals surface area contributed by atoms with Crippen molar-refractivity contribution in [3.63, 3.8) is 0 Å². The summed E-state index contributed by atoms with van der Waals surface area (Å²) < 4.78 is 49.5. The standard InChI is InChI=1S/C17H21F3N2O5/c1-9(22-7-11(16(24)25)12(8-22)17(18,19)20)15(23)21-10-4-5-13(26-2)14(6-10)27-3/h4-6,9,11-12H,7-8H2,1-3H3,(H,21,23)(H,24,25)/t9?,11-,12-/m1/s1. The third-order valence-corrected chi connectivity index (χ3v) is 4.66. The van der Waals surface area contributed by atoms with Gasteiger partial charge < -0.3 is 19.9 Å². The molecule has 0 bridgehead atoms. The fourth-order valence-corrected chi connectivity index (χ4v) is 3.06. The Balaban J connectivity index is 2.10. The number of halogens is 3. The number of rotatable bonds is 6. The van der Waals surface area contributed by atoms with E-state index in [1.54, 1.807) is 12.1 Å². The maximum Gasteiger partial charge on any atom is 0.393 e. The number of aliphatic carboxylic acids is 1. The van der Waals surface area contributed by atoms with Crippen LogP contribution in [-0.2, 0) is 9.59 Å². The first-order valence-electron chi connectivity index (χ1n) is 8.15. The van der Waals surface area contributed by atoms with Crippen LogP contribution in [0.1, 0.15) is 6.92 Å². The predicted octanol–water partition coefficient (Wildman–Crippen LogP) is 2.23. The molecule has 10 heteroatoms. The molecule has 0 spiro atoms. The topological polar surface area (TPSA) is 88.1 Å². The van der Waals surface area contributed by atoms with E-state index in [0.29, 0.717) is 17.2 Å². The maximum atomic E-state index is 13.1. The lowest BCUT2D eigenvalue weighted by Gasteiger charge is -2.24. The number of carbonyl (C=O) groups is 2. The highest BCUT2D eigenvalue weighted by molar-refractivity contribution is 5.95. The molecule has 1 aliphatic heterocycles. The number of carboxylic acids is 1. The number of hydrogen-bond acceptors (Lipinski definition) is 5. The monoisotopic (exact) mass is 390 g/mol. The number of anilines is 1. The van der Waals surface area contributed by atoms with Crippen LogP contribution in [0.15, 0.2) is 18.2 Å². The number of alkyl halides is 3. The van der Waals surface area contributed by atoms with Crippen molar-refractivity contribution in [1.82, 2.24) is 4.90 Å². The molecule has 3 atom stereocenters. The lowest BCUT2D eigenvalue weighted by Crippen LogP contribution is -2.41. The summed E-state index contributed by atoms with van der Waals surface area (Å²) in [5.74, 6) is -4.83. The molecule has 0 radical (unpaired) electrons. The predicted molar refractivity (Wildman–Crippen MR) is 89.9 cm³/mol. The van der Waals surface area contributed by atoms with Crippen LogP contribution in [0.4, 0.5) is 18.9 Å². The molecule has 2 N–H and O–H groups in total. The Kier molecular flexibility index (Phi) is 6.19. The van der Waals surface area contributed by atoms with Gasteiger partial charge in [-0.25, -0.2) is 0 Å². The highest BCUT2D eigenvalue weighted by atomic mass is 19.4. The molecule has 7 nitrogen and oxygen atoms in total. The quantitative estimate of drug-likeness (QED) is 0.775. The van der Waals surface area contributed by atoms with Crippen LogP contribution in [0.25, 0.3) is 0 Å². The van der Waals surface area contributed by atoms with Crippen LogP contribution in [-0.4, -0.2) is 61.4 Å². The molecule has 0 aliphatic carbocycles. The first-order chi connectivity index (χ1) is 12.6. The Morgan fingerprint density at radius 1 is 1.22 bits per heavy atom. The molecular formula is C17H21F3N2O5. The van der Waals surface area contributed by atoms with Crippen molar-refractivity contribution in [2.24, 2.45) is 11.8 Å². The summed E-state index contributed by atoms with van der Waals surface area (Å²) >= 11 is 0. The van der Waals surface area contributed by atoms with E-state index >= 15 is 0 Å². The van der Waals surface area contributed by atoms with Crippen molar-refractivity contribution in [1.29, 1.82) is 0 Å². The zero-order valence-corrected chi connectivity index (χ0v) is 15.0. The Hall–Kier alpha value is -2.49. The van der Waals surface area contributed by atoms with E-state index in [1.165, 1.54) is 32.1 Å². The number of nitrogens with one attached hydrogen (secondary N) is 1. The van der Waals surface area contributed by atoms with Gasteiger partial charge in [-0.15, -0.1) is 0 Å². The summed E-state index contributed by atoms with van der Waals surface area (Å²) in [6.07, 6.45) is -4.64. The van der Waals surface area contributed by atoms with Gasteiger partial charge in [0, 0.05) is 24.8 Å². The molecule has 2 rings (SSSR count). The largest absolute Gasteiger partial charge is 0.493 e. The van der Waals surface area contributed by atoms with Gasteiger partial charge in [0.05, 0.1) is 32.1 Å². The number of methoxy groups -OCH3 is 2. The van der Waals surface area contributed by atoms with Gasteiger partial charge >= 0.3 is 12.1 Å². The summed E-state index contributed by atoms with van der Waals surface area (Å²) in [4.78, 5) is 24.8. The summed E-state index contributed by atoms with van der Waals surface area (Å²) in [7, 11) is 2.89. The fourth-order valence-electron chi connectivity index (χ4n) is 3.06. The normalized spacial score (nSPS) is 21.6. The number of likely N-dealkylation sites (tertiary alicyclic amines) is 1. The van der Waals surface area contributed by atoms with Crippen molar-refractivity contribution in [3.05, 3.63) is 18.2 Å². The first kappa shape index (κ1) is 20.8. The summed E-state index contributed by atoms with van der Waals surface area (Å²) in [5, 5.41) is 11.7. The van der Waals surface area contributed by atoms with Gasteiger partial charge in [0.1, 0.15) is 0 Å². The number of carboxylic acid groups (broad SMARTS) is 1. The smallest absolute Gasteiger partial charge is 0.393 e. The fraction of sp³-hybridized carbons (Fsp3) is 0.529. The van der Waals surface area contributed by atoms with Crippen LogP contribution in [0.2, 0.25) is 0 Å². The molecular weight excluding hydrogens is 369 g/mol. The van der Waals surface area contributed by atoms with Gasteiger partial charge in [0.2, 0.25) is 5.91 Å². The number of ether oxygens (including phenoxy) is 2. The molecule has 1 fully saturated rings. The summed E-state index contributed by atoms with van der Waals surface area (Å²) in [6, 6.07) is 3.72. The van der Waals surface area contributed by atoms with Gasteiger partial charge in [0.25, 0.3) is 0 Å². The average molecular weight is 390 g/mol. The van der Waals surface area contributed by atoms with Crippen LogP contribution in [0.5, 0.6) is 11.5 Å². The van der Waals surface area contributed by atoms with E-state index in [0.717, 1.165) is 0 Å². The van der Waals surface area contributed by atoms with Crippen molar-refractivity contribution >= 4 is 17.6 Å². The van der Waals surface area contributed by atoms with E-state index < -0.39 is 42.5 Å². The molecule has 27 heavy (non-hydrogen) atoms. The van der Waals surface area contributed by atoms with Gasteiger partial charge in [-0.1, -0.05) is 0 Å². The molecule has 1 saturated heterocycles. The summed E-state index contributed by atoms with van der Waals surface area (Å²) in [6.45, 7) is 0.550. The van der Waals surface area contributed by atoms with Gasteiger partial charge in [-0.3, -0.25) is 14.5 Å². The van der Waals surface area contributed by atoms with Crippen LogP contribution in [0, 0.1) is 11.8 Å². The molecule has 1 aliphatic rings. The minimum absolute atomic E-state index is 0.347. The van der Waals surface area contributed by atoms with Gasteiger partial charge in [-0.05, 0) is 19.1 Å². The average Bonchev–Trinajstić information content (AvgIpc) is 3.07. The van der Waals surface area contributed by atoms with E-state index in [1.807, 2.05) is 0 Å². The number of hydrogen-bond donors (Lipinski definition) is 2. The van der Waals surface area contributed by atoms with Crippen molar-refractivity contribution in [2.45, 2.75) is 19.1 Å². The molecule has 1 aromatic carbocycles. The zero-order chi connectivity index (χ0) is 20.4. The number of nitrogens with zero attached hydrogens (tertiary/aromatic N) is 1. The number of amides is 1. The third-order valence-electron chi connectivity index (χ3n) is 4.66. The minimum atomic E-state index is -4.64. The Morgan fingerprint density at radius 3 is 2.33 bits per heavy atom. The van der Waals surface area contributed by atoms with E-state index in [2.05, 4.69) is 5.32 Å². The van der Waals surface area contributed by atoms with Crippen LogP contribution >= 0.6 is 0 Å². The van der Waals surface area contributed by atoms with Crippen molar-refractivity contribution < 1.29 is 37.3 Å². The second-order valence-electron chi connectivity index (χ2n) is 6.28. The SMILES string of the molecule is COc1ccc(NC(=O)C(C)N2C[C@@H](C(F)(F)F)[C@H](C(=O)O)C2)cc1OC. The van der Waals surface area contributed by atoms with Gasteiger partial charge in [0.15, 0.2) is 11.5 Å². The number of benzene rings is 1. The lowest BCUT2D eigenvalue weighted by molar-refractivity contribution is -0.188. The molecule has 1 aromatic rings. The van der Waals surface area contributed by atoms with Crippen molar-refractivity contribution in [3.8, 4) is 11.5 Å². The third kappa shape index (κ3) is 4.62. The molecule has 1 unspecified atom stereocenters. The Bertz CT molecular complexity index is 710. The van der Waals surface area contributed by atoms with Gasteiger partial charge in [-0.2, -0.15) is 13.2 Å². The highest BCUT2D eigenvalue weighted by Gasteiger charge is 2.53. The number of carbonyl (C=O) groups excluding carboxylic acids is 1. The maximum absolute atomic E-state index is 13.1. The van der Waals surface area contributed by atoms with E-state index in [4.69, 9.17) is 14.6 Å². The minimum Gasteiger partial charge on any atom is -0.493 e. The second-order valence-corrected chi connectivity index (χ2v) is 6.28. The van der Waals surface area contributed by atoms with E-state index in [-0.39, 0.29) is 6.54 Å². The Labute approximate surface area is 154 Å². The summed E-state index contributed by atoms with van der Waals surface area (Å²) in [5.41, 5.74) is 0.380. The molecule has 0 aromatic heterocycles. The molecule has 1 heterocycles. The lowest BCUT2D eigenvalue weighted by atomic mass is 9.96. The van der Waals surface area contributed by atoms with Crippen LogP contribution in [0.3, 0.4) is 0 Å². The van der Waals surface area contributed by atoms with Crippen LogP contribution < -0.4 is 14.8 Å². The molecule has 1 amide bonds. The second kappa shape index (κ2) is 8.03. The molecule has 150 valence electrons. The molecule has 0 saturated carbocycles. The zero-order valence-electron chi connectivity index (χ0n) is 15.0. The first-order valence-corrected chi connectivity index (χ1v) is 8.15.